The highest BCUT2D eigenvalue weighted by Crippen LogP contribution is 2.22. The van der Waals surface area contributed by atoms with E-state index in [1.807, 2.05) is 35.4 Å². The van der Waals surface area contributed by atoms with Crippen molar-refractivity contribution in [1.29, 1.82) is 0 Å². The number of benzene rings is 1. The molecule has 2 fully saturated rings. The Balaban J connectivity index is 1.39. The molecule has 0 saturated carbocycles. The Morgan fingerprint density at radius 1 is 1.25 bits per heavy atom. The minimum absolute atomic E-state index is 0.0245. The molecule has 1 aromatic heterocycles. The molecule has 2 aliphatic rings. The maximum absolute atomic E-state index is 12.8. The first-order valence-corrected chi connectivity index (χ1v) is 11.2. The predicted molar refractivity (Wildman–Crippen MR) is 106 cm³/mol. The molecule has 9 heteroatoms. The summed E-state index contributed by atoms with van der Waals surface area (Å²) in [6.07, 6.45) is 5.92. The third-order valence-electron chi connectivity index (χ3n) is 5.34. The lowest BCUT2D eigenvalue weighted by molar-refractivity contribution is -0.131. The number of hydrogen-bond donors (Lipinski definition) is 2. The lowest BCUT2D eigenvalue weighted by Gasteiger charge is -2.20. The molecule has 0 aliphatic carbocycles. The maximum atomic E-state index is 12.8. The van der Waals surface area contributed by atoms with E-state index in [0.717, 1.165) is 31.5 Å². The van der Waals surface area contributed by atoms with Crippen LogP contribution >= 0.6 is 0 Å². The van der Waals surface area contributed by atoms with E-state index in [2.05, 4.69) is 15.1 Å². The van der Waals surface area contributed by atoms with Crippen molar-refractivity contribution >= 4 is 21.6 Å². The zero-order valence-electron chi connectivity index (χ0n) is 15.6. The van der Waals surface area contributed by atoms with E-state index >= 15 is 0 Å². The Kier molecular flexibility index (Phi) is 5.36. The van der Waals surface area contributed by atoms with E-state index in [9.17, 15) is 13.2 Å². The van der Waals surface area contributed by atoms with Crippen LogP contribution in [0, 0.1) is 0 Å². The molecule has 1 aromatic carbocycles. The quantitative estimate of drug-likeness (QED) is 0.751. The van der Waals surface area contributed by atoms with Crippen molar-refractivity contribution in [2.75, 3.05) is 24.4 Å². The van der Waals surface area contributed by atoms with Crippen LogP contribution in [0.1, 0.15) is 24.8 Å². The Bertz CT molecular complexity index is 923. The van der Waals surface area contributed by atoms with Gasteiger partial charge in [0.15, 0.2) is 0 Å². The molecule has 0 spiro atoms. The van der Waals surface area contributed by atoms with Crippen molar-refractivity contribution in [3.63, 3.8) is 0 Å². The summed E-state index contributed by atoms with van der Waals surface area (Å²) in [5.74, 6) is 0.0245. The normalized spacial score (nSPS) is 22.5. The highest BCUT2D eigenvalue weighted by atomic mass is 32.2. The molecule has 150 valence electrons. The second-order valence-corrected chi connectivity index (χ2v) is 9.36. The van der Waals surface area contributed by atoms with Gasteiger partial charge in [-0.1, -0.05) is 12.1 Å². The van der Waals surface area contributed by atoms with Crippen molar-refractivity contribution in [3.8, 4) is 0 Å². The van der Waals surface area contributed by atoms with Gasteiger partial charge in [0.1, 0.15) is 0 Å². The molecule has 2 N–H and O–H groups in total. The minimum Gasteiger partial charge on any atom is -0.341 e. The first-order chi connectivity index (χ1) is 13.5. The number of carbonyl (C=O) groups excluding carboxylic acids is 1. The molecule has 1 amide bonds. The molecule has 8 nitrogen and oxygen atoms in total. The molecule has 28 heavy (non-hydrogen) atoms. The monoisotopic (exact) mass is 403 g/mol. The van der Waals surface area contributed by atoms with Crippen molar-refractivity contribution < 1.29 is 13.2 Å². The van der Waals surface area contributed by atoms with Gasteiger partial charge in [-0.05, 0) is 43.0 Å². The van der Waals surface area contributed by atoms with Gasteiger partial charge in [-0.25, -0.2) is 8.42 Å². The maximum Gasteiger partial charge on any atom is 0.239 e. The van der Waals surface area contributed by atoms with Crippen LogP contribution in [0.2, 0.25) is 0 Å². The van der Waals surface area contributed by atoms with E-state index in [0.29, 0.717) is 18.7 Å². The van der Waals surface area contributed by atoms with Crippen molar-refractivity contribution in [1.82, 2.24) is 20.0 Å². The average Bonchev–Trinajstić information content (AvgIpc) is 3.43. The third kappa shape index (κ3) is 4.20. The molecule has 0 bridgehead atoms. The number of hydrogen-bond acceptors (Lipinski definition) is 5. The zero-order chi connectivity index (χ0) is 19.6. The standard InChI is InChI=1S/C19H25N5O3S/c25-19(23-8-1-2-9-23)18-12-17(13-20-18)28(26,27)22-16-6-3-5-15(11-16)14-24-10-4-7-21-24/h3-7,10-11,17-18,20,22H,1-2,8-9,12-14H2. The third-order valence-corrected chi connectivity index (χ3v) is 7.09. The van der Waals surface area contributed by atoms with Crippen LogP contribution in [0.3, 0.4) is 0 Å². The molecule has 3 heterocycles. The SMILES string of the molecule is O=C(C1CC(S(=O)(=O)Nc2cccc(Cn3cccn3)c2)CN1)N1CCCC1. The number of anilines is 1. The molecular weight excluding hydrogens is 378 g/mol. The average molecular weight is 404 g/mol. The fraction of sp³-hybridized carbons (Fsp3) is 0.474. The van der Waals surface area contributed by atoms with Crippen molar-refractivity contribution in [2.45, 2.75) is 37.1 Å². The second kappa shape index (κ2) is 7.92. The van der Waals surface area contributed by atoms with E-state index in [1.54, 1.807) is 16.9 Å². The summed E-state index contributed by atoms with van der Waals surface area (Å²) in [4.78, 5) is 14.3. The summed E-state index contributed by atoms with van der Waals surface area (Å²) in [6, 6.07) is 8.74. The Morgan fingerprint density at radius 3 is 2.82 bits per heavy atom. The Hall–Kier alpha value is -2.39. The first-order valence-electron chi connectivity index (χ1n) is 9.61. The molecule has 0 radical (unpaired) electrons. The number of likely N-dealkylation sites (tertiary alicyclic amines) is 1. The van der Waals surface area contributed by atoms with Gasteiger partial charge in [-0.2, -0.15) is 5.10 Å². The van der Waals surface area contributed by atoms with Crippen LogP contribution in [0.5, 0.6) is 0 Å². The number of rotatable bonds is 6. The van der Waals surface area contributed by atoms with E-state index < -0.39 is 21.3 Å². The fourth-order valence-corrected chi connectivity index (χ4v) is 5.23. The van der Waals surface area contributed by atoms with Gasteiger partial charge < -0.3 is 10.2 Å². The molecule has 2 atom stereocenters. The van der Waals surface area contributed by atoms with Crippen molar-refractivity contribution in [2.24, 2.45) is 0 Å². The largest absolute Gasteiger partial charge is 0.341 e. The van der Waals surface area contributed by atoms with Gasteiger partial charge in [-0.15, -0.1) is 0 Å². The second-order valence-electron chi connectivity index (χ2n) is 7.40. The van der Waals surface area contributed by atoms with Crippen LogP contribution in [0.25, 0.3) is 0 Å². The van der Waals surface area contributed by atoms with Crippen LogP contribution in [-0.4, -0.2) is 59.9 Å². The summed E-state index contributed by atoms with van der Waals surface area (Å²) in [6.45, 7) is 2.40. The van der Waals surface area contributed by atoms with Gasteiger partial charge in [0.05, 0.1) is 17.8 Å². The highest BCUT2D eigenvalue weighted by Gasteiger charge is 2.39. The Labute approximate surface area is 165 Å². The van der Waals surface area contributed by atoms with Gasteiger partial charge in [0.25, 0.3) is 0 Å². The first kappa shape index (κ1) is 18.9. The topological polar surface area (TPSA) is 96.3 Å². The molecule has 2 saturated heterocycles. The number of aromatic nitrogens is 2. The number of carbonyl (C=O) groups is 1. The van der Waals surface area contributed by atoms with Gasteiger partial charge in [0.2, 0.25) is 15.9 Å². The molecule has 4 rings (SSSR count). The lowest BCUT2D eigenvalue weighted by atomic mass is 10.2. The zero-order valence-corrected chi connectivity index (χ0v) is 16.4. The van der Waals surface area contributed by atoms with Gasteiger partial charge >= 0.3 is 0 Å². The fourth-order valence-electron chi connectivity index (χ4n) is 3.85. The van der Waals surface area contributed by atoms with Crippen LogP contribution < -0.4 is 10.0 Å². The predicted octanol–water partition coefficient (Wildman–Crippen LogP) is 1.03. The summed E-state index contributed by atoms with van der Waals surface area (Å²) >= 11 is 0. The van der Waals surface area contributed by atoms with Gasteiger partial charge in [-0.3, -0.25) is 14.2 Å². The number of nitrogens with zero attached hydrogens (tertiary/aromatic N) is 3. The summed E-state index contributed by atoms with van der Waals surface area (Å²) in [7, 11) is -3.59. The molecule has 2 aromatic rings. The van der Waals surface area contributed by atoms with E-state index in [-0.39, 0.29) is 12.5 Å². The van der Waals surface area contributed by atoms with Crippen LogP contribution in [-0.2, 0) is 21.4 Å². The number of nitrogens with one attached hydrogen (secondary N) is 2. The summed E-state index contributed by atoms with van der Waals surface area (Å²) in [5, 5.41) is 6.64. The minimum atomic E-state index is -3.59. The van der Waals surface area contributed by atoms with Crippen LogP contribution in [0.15, 0.2) is 42.7 Å². The molecule has 2 unspecified atom stereocenters. The molecule has 2 aliphatic heterocycles. The van der Waals surface area contributed by atoms with E-state index in [4.69, 9.17) is 0 Å². The number of sulfonamides is 1. The molecular formula is C19H25N5O3S. The van der Waals surface area contributed by atoms with Crippen LogP contribution in [0.4, 0.5) is 5.69 Å². The van der Waals surface area contributed by atoms with Crippen molar-refractivity contribution in [3.05, 3.63) is 48.3 Å². The smallest absolute Gasteiger partial charge is 0.239 e. The lowest BCUT2D eigenvalue weighted by Crippen LogP contribution is -2.42. The highest BCUT2D eigenvalue weighted by molar-refractivity contribution is 7.93. The summed E-state index contributed by atoms with van der Waals surface area (Å²) < 4.78 is 30.1. The van der Waals surface area contributed by atoms with E-state index in [1.165, 1.54) is 0 Å². The van der Waals surface area contributed by atoms with Gasteiger partial charge in [0, 0.05) is 37.7 Å². The summed E-state index contributed by atoms with van der Waals surface area (Å²) in [5.41, 5.74) is 1.48. The Morgan fingerprint density at radius 2 is 2.07 bits per heavy atom. The number of amides is 1.